The molecule has 1 fully saturated rings. The molecule has 2 aromatic rings. The molecule has 35 heavy (non-hydrogen) atoms. The first-order valence-electron chi connectivity index (χ1n) is 11.8. The number of anilines is 1. The van der Waals surface area contributed by atoms with Crippen LogP contribution in [0.3, 0.4) is 0 Å². The molecule has 6 N–H and O–H groups in total. The molecule has 194 valence electrons. The molecule has 3 rings (SSSR count). The minimum absolute atomic E-state index is 0.00845. The molecule has 1 aliphatic carbocycles. The topological polar surface area (TPSA) is 187 Å². The van der Waals surface area contributed by atoms with E-state index in [0.29, 0.717) is 23.0 Å². The number of aromatic nitrogens is 5. The largest absolute Gasteiger partial charge is 0.394 e. The Bertz CT molecular complexity index is 1040. The van der Waals surface area contributed by atoms with E-state index in [2.05, 4.69) is 43.2 Å². The molecule has 0 radical (unpaired) electrons. The van der Waals surface area contributed by atoms with Gasteiger partial charge in [-0.25, -0.2) is 9.97 Å². The van der Waals surface area contributed by atoms with E-state index in [9.17, 15) is 24.9 Å². The molecule has 0 aliphatic heterocycles. The maximum Gasteiger partial charge on any atom is 0.244 e. The van der Waals surface area contributed by atoms with E-state index >= 15 is 0 Å². The second-order valence-corrected chi connectivity index (χ2v) is 9.55. The summed E-state index contributed by atoms with van der Waals surface area (Å²) in [6.07, 6.45) is 1.44. The molecule has 2 amide bonds. The van der Waals surface area contributed by atoms with E-state index in [1.54, 1.807) is 0 Å². The molecule has 0 spiro atoms. The second-order valence-electron chi connectivity index (χ2n) is 8.48. The molecular formula is C21H34N8O5S. The van der Waals surface area contributed by atoms with Gasteiger partial charge in [0.2, 0.25) is 11.8 Å². The molecular weight excluding hydrogens is 476 g/mol. The lowest BCUT2D eigenvalue weighted by atomic mass is 10.0. The summed E-state index contributed by atoms with van der Waals surface area (Å²) in [5.74, 6) is -0.960. The summed E-state index contributed by atoms with van der Waals surface area (Å²) in [5, 5.41) is 48.7. The Morgan fingerprint density at radius 1 is 1.29 bits per heavy atom. The first-order valence-corrected chi connectivity index (χ1v) is 12.8. The number of hydrogen-bond acceptors (Lipinski definition) is 11. The van der Waals surface area contributed by atoms with Crippen LogP contribution in [0.2, 0.25) is 0 Å². The van der Waals surface area contributed by atoms with Crippen LogP contribution >= 0.6 is 11.8 Å². The standard InChI is InChI=1S/C21H34N8O5S/c1-4-6-9-23-16-14-17(26-20(25-16)35-10-5-2)29(28-27-14)21(34)8-7-12(15(21)31)18(32)24-13(11-30)19(33)22-3/h12-13,15,30-31,34H,4-11H2,1-3H3,(H,22,33)(H,24,32)(H,23,25,26)/t12-,13?,15+,21-/m0/s1. The number of rotatable bonds is 12. The van der Waals surface area contributed by atoms with Gasteiger partial charge < -0.3 is 31.3 Å². The lowest BCUT2D eigenvalue weighted by Crippen LogP contribution is -2.52. The number of hydrogen-bond donors (Lipinski definition) is 6. The fourth-order valence-electron chi connectivity index (χ4n) is 3.97. The SMILES string of the molecule is CCCCNc1nc(SCCC)nc2c1nnn2[C@]1(O)CC[C@H](C(=O)NC(CO)C(=O)NC)[C@H]1O. The number of amides is 2. The van der Waals surface area contributed by atoms with Crippen LogP contribution in [0.15, 0.2) is 5.16 Å². The van der Waals surface area contributed by atoms with E-state index in [1.165, 1.54) is 18.8 Å². The number of nitrogens with one attached hydrogen (secondary N) is 3. The van der Waals surface area contributed by atoms with Crippen molar-refractivity contribution in [3.05, 3.63) is 0 Å². The lowest BCUT2D eigenvalue weighted by molar-refractivity contribution is -0.149. The Kier molecular flexibility index (Phi) is 9.21. The van der Waals surface area contributed by atoms with Crippen LogP contribution in [-0.2, 0) is 15.3 Å². The number of thioether (sulfide) groups is 1. The molecule has 1 unspecified atom stereocenters. The highest BCUT2D eigenvalue weighted by Gasteiger charge is 2.53. The van der Waals surface area contributed by atoms with Crippen LogP contribution in [0.5, 0.6) is 0 Å². The zero-order chi connectivity index (χ0) is 25.6. The number of aliphatic hydroxyl groups excluding tert-OH is 2. The molecule has 0 bridgehead atoms. The van der Waals surface area contributed by atoms with Gasteiger partial charge in [-0.05, 0) is 19.3 Å². The van der Waals surface area contributed by atoms with Gasteiger partial charge in [-0.15, -0.1) is 5.10 Å². The van der Waals surface area contributed by atoms with Crippen LogP contribution in [0.25, 0.3) is 11.2 Å². The van der Waals surface area contributed by atoms with E-state index < -0.39 is 42.2 Å². The number of carbonyl (C=O) groups is 2. The summed E-state index contributed by atoms with van der Waals surface area (Å²) >= 11 is 1.46. The predicted octanol–water partition coefficient (Wildman–Crippen LogP) is -0.425. The third-order valence-electron chi connectivity index (χ3n) is 5.98. The summed E-state index contributed by atoms with van der Waals surface area (Å²) in [5.41, 5.74) is -1.34. The van der Waals surface area contributed by atoms with E-state index in [0.717, 1.165) is 29.7 Å². The maximum absolute atomic E-state index is 12.8. The molecule has 1 aliphatic rings. The molecule has 4 atom stereocenters. The number of fused-ring (bicyclic) bond motifs is 1. The average Bonchev–Trinajstić information content (AvgIpc) is 3.42. The van der Waals surface area contributed by atoms with Crippen molar-refractivity contribution in [1.29, 1.82) is 0 Å². The highest BCUT2D eigenvalue weighted by molar-refractivity contribution is 7.99. The first kappa shape index (κ1) is 27.0. The third kappa shape index (κ3) is 5.66. The summed E-state index contributed by atoms with van der Waals surface area (Å²) < 4.78 is 1.16. The van der Waals surface area contributed by atoms with Gasteiger partial charge in [-0.3, -0.25) is 9.59 Å². The molecule has 0 aromatic carbocycles. The van der Waals surface area contributed by atoms with E-state index in [1.807, 2.05) is 6.92 Å². The zero-order valence-electron chi connectivity index (χ0n) is 20.2. The summed E-state index contributed by atoms with van der Waals surface area (Å²) in [7, 11) is 1.39. The van der Waals surface area contributed by atoms with Crippen molar-refractivity contribution in [2.75, 3.05) is 31.3 Å². The number of nitrogens with zero attached hydrogens (tertiary/aromatic N) is 5. The number of aliphatic hydroxyl groups is 3. The van der Waals surface area contributed by atoms with Gasteiger partial charge in [0.25, 0.3) is 0 Å². The van der Waals surface area contributed by atoms with Crippen LogP contribution in [-0.4, -0.2) is 90.2 Å². The van der Waals surface area contributed by atoms with Gasteiger partial charge >= 0.3 is 0 Å². The fraction of sp³-hybridized carbons (Fsp3) is 0.714. The van der Waals surface area contributed by atoms with Crippen molar-refractivity contribution in [3.63, 3.8) is 0 Å². The molecule has 1 saturated carbocycles. The zero-order valence-corrected chi connectivity index (χ0v) is 21.0. The Balaban J connectivity index is 1.91. The van der Waals surface area contributed by atoms with Crippen LogP contribution in [0.4, 0.5) is 5.82 Å². The third-order valence-corrected chi connectivity index (χ3v) is 7.03. The van der Waals surface area contributed by atoms with Gasteiger partial charge in [0, 0.05) is 25.8 Å². The smallest absolute Gasteiger partial charge is 0.244 e. The highest BCUT2D eigenvalue weighted by atomic mass is 32.2. The van der Waals surface area contributed by atoms with Gasteiger partial charge in [-0.1, -0.05) is 37.2 Å². The number of likely N-dealkylation sites (N-methyl/N-ethyl adjacent to an activating group) is 1. The molecule has 2 aromatic heterocycles. The molecule has 2 heterocycles. The van der Waals surface area contributed by atoms with Crippen molar-refractivity contribution in [2.45, 2.75) is 69.0 Å². The van der Waals surface area contributed by atoms with Gasteiger partial charge in [0.05, 0.1) is 12.5 Å². The second kappa shape index (κ2) is 11.9. The Morgan fingerprint density at radius 3 is 2.71 bits per heavy atom. The van der Waals surface area contributed by atoms with Crippen LogP contribution in [0, 0.1) is 5.92 Å². The van der Waals surface area contributed by atoms with Crippen molar-refractivity contribution < 1.29 is 24.9 Å². The quantitative estimate of drug-likeness (QED) is 0.124. The summed E-state index contributed by atoms with van der Waals surface area (Å²) in [4.78, 5) is 33.7. The van der Waals surface area contributed by atoms with E-state index in [4.69, 9.17) is 0 Å². The Morgan fingerprint density at radius 2 is 2.06 bits per heavy atom. The Hall–Kier alpha value is -2.55. The summed E-state index contributed by atoms with van der Waals surface area (Å²) in [6, 6.07) is -1.16. The highest BCUT2D eigenvalue weighted by Crippen LogP contribution is 2.40. The van der Waals surface area contributed by atoms with Gasteiger partial charge in [-0.2, -0.15) is 4.68 Å². The van der Waals surface area contributed by atoms with Crippen LogP contribution < -0.4 is 16.0 Å². The first-order chi connectivity index (χ1) is 16.8. The fourth-order valence-corrected chi connectivity index (χ4v) is 4.66. The van der Waals surface area contributed by atoms with Crippen molar-refractivity contribution in [2.24, 2.45) is 5.92 Å². The van der Waals surface area contributed by atoms with Crippen molar-refractivity contribution >= 4 is 40.6 Å². The molecule has 0 saturated heterocycles. The normalized spacial score (nSPS) is 22.8. The summed E-state index contributed by atoms with van der Waals surface area (Å²) in [6.45, 7) is 4.21. The van der Waals surface area contributed by atoms with Gasteiger partial charge in [0.1, 0.15) is 12.1 Å². The average molecular weight is 511 g/mol. The number of carbonyl (C=O) groups excluding carboxylic acids is 2. The lowest BCUT2D eigenvalue weighted by Gasteiger charge is -2.28. The van der Waals surface area contributed by atoms with Crippen molar-refractivity contribution in [3.8, 4) is 0 Å². The monoisotopic (exact) mass is 510 g/mol. The minimum atomic E-state index is -1.94. The van der Waals surface area contributed by atoms with E-state index in [-0.39, 0.29) is 18.5 Å². The van der Waals surface area contributed by atoms with Crippen molar-refractivity contribution in [1.82, 2.24) is 35.6 Å². The predicted molar refractivity (Wildman–Crippen MR) is 130 cm³/mol. The van der Waals surface area contributed by atoms with Crippen LogP contribution in [0.1, 0.15) is 46.0 Å². The minimum Gasteiger partial charge on any atom is -0.394 e. The molecule has 13 nitrogen and oxygen atoms in total. The maximum atomic E-state index is 12.8. The molecule has 14 heteroatoms. The Labute approximate surface area is 207 Å². The van der Waals surface area contributed by atoms with Gasteiger partial charge in [0.15, 0.2) is 27.9 Å². The number of unbranched alkanes of at least 4 members (excludes halogenated alkanes) is 1.